The summed E-state index contributed by atoms with van der Waals surface area (Å²) in [6, 6.07) is -2.09. The van der Waals surface area contributed by atoms with Gasteiger partial charge in [-0.3, -0.25) is 19.7 Å². The van der Waals surface area contributed by atoms with E-state index >= 15 is 0 Å². The molecule has 0 aromatic rings. The molecule has 0 amide bonds. The summed E-state index contributed by atoms with van der Waals surface area (Å²) in [7, 11) is 0. The lowest BCUT2D eigenvalue weighted by atomic mass is 10.2. The van der Waals surface area contributed by atoms with Gasteiger partial charge in [0.1, 0.15) is 12.1 Å². The number of hydrogen-bond donors (Lipinski definition) is 1. The summed E-state index contributed by atoms with van der Waals surface area (Å²) in [5, 5.41) is 0. The van der Waals surface area contributed by atoms with Crippen molar-refractivity contribution in [3.63, 3.8) is 0 Å². The second kappa shape index (κ2) is 8.13. The van der Waals surface area contributed by atoms with Crippen LogP contribution in [-0.4, -0.2) is 40.9 Å². The molecule has 0 heterocycles. The summed E-state index contributed by atoms with van der Waals surface area (Å²) in [6.07, 6.45) is -0.709. The zero-order chi connectivity index (χ0) is 17.0. The molecule has 0 aromatic carbocycles. The Hall–Kier alpha value is -0.620. The number of carbonyl (C=O) groups is 2. The number of hydrogen-bond acceptors (Lipinski definition) is 5. The van der Waals surface area contributed by atoms with Gasteiger partial charge in [0, 0.05) is 0 Å². The first-order valence-corrected chi connectivity index (χ1v) is 9.29. The Bertz CT molecular complexity index is 396. The molecule has 9 heteroatoms. The first-order valence-electron chi connectivity index (χ1n) is 6.66. The van der Waals surface area contributed by atoms with Crippen LogP contribution in [0, 0.1) is 0 Å². The smallest absolute Gasteiger partial charge is 0.323 e. The molecule has 0 aromatic heterocycles. The summed E-state index contributed by atoms with van der Waals surface area (Å²) in [5.41, 5.74) is 5.45. The summed E-state index contributed by atoms with van der Waals surface area (Å²) in [4.78, 5) is 23.9. The molecule has 2 N–H and O–H groups in total. The molecule has 0 saturated carbocycles. The van der Waals surface area contributed by atoms with E-state index in [2.05, 4.69) is 0 Å². The van der Waals surface area contributed by atoms with Crippen LogP contribution < -0.4 is 5.50 Å². The van der Waals surface area contributed by atoms with E-state index in [1.807, 2.05) is 0 Å². The molecule has 0 radical (unpaired) electrons. The van der Waals surface area contributed by atoms with E-state index in [1.165, 1.54) is 13.8 Å². The van der Waals surface area contributed by atoms with Crippen LogP contribution in [0.1, 0.15) is 41.5 Å². The first-order chi connectivity index (χ1) is 9.37. The van der Waals surface area contributed by atoms with Crippen molar-refractivity contribution >= 4 is 30.0 Å². The molecule has 0 aliphatic heterocycles. The van der Waals surface area contributed by atoms with Crippen LogP contribution in [0.25, 0.3) is 0 Å². The average Bonchev–Trinajstić information content (AvgIpc) is 2.24. The Kier molecular flexibility index (Phi) is 7.89. The Labute approximate surface area is 130 Å². The van der Waals surface area contributed by atoms with E-state index in [4.69, 9.17) is 26.2 Å². The minimum absolute atomic E-state index is 0.354. The standard InChI is InChI=1S/C12H24ClN2O5P/c1-7(2)19-11(16)9(5)15(21(13,14)18)10(6)12(17)20-8(3)4/h7-10H,1-6H3,(H2,14,18)/t9-,10?,21?/m0/s1. The maximum absolute atomic E-state index is 12.0. The highest BCUT2D eigenvalue weighted by Crippen LogP contribution is 2.49. The van der Waals surface area contributed by atoms with Crippen LogP contribution in [0.3, 0.4) is 0 Å². The number of carbonyl (C=O) groups excluding carboxylic acids is 2. The molecule has 0 fully saturated rings. The predicted octanol–water partition coefficient (Wildman–Crippen LogP) is 2.27. The molecule has 21 heavy (non-hydrogen) atoms. The SMILES string of the molecule is CC(C)OC(=O)C(C)N([C@@H](C)C(=O)OC(C)C)P(N)(=O)Cl. The van der Waals surface area contributed by atoms with E-state index in [1.54, 1.807) is 27.7 Å². The van der Waals surface area contributed by atoms with Crippen molar-refractivity contribution in [2.45, 2.75) is 65.8 Å². The minimum Gasteiger partial charge on any atom is -0.462 e. The lowest BCUT2D eigenvalue weighted by molar-refractivity contribution is -0.156. The van der Waals surface area contributed by atoms with Gasteiger partial charge in [-0.2, -0.15) is 0 Å². The van der Waals surface area contributed by atoms with E-state index in [0.29, 0.717) is 0 Å². The molecule has 0 aliphatic rings. The van der Waals surface area contributed by atoms with Gasteiger partial charge in [0.25, 0.3) is 0 Å². The lowest BCUT2D eigenvalue weighted by Gasteiger charge is -2.33. The van der Waals surface area contributed by atoms with Crippen molar-refractivity contribution in [3.05, 3.63) is 0 Å². The molecule has 0 rings (SSSR count). The van der Waals surface area contributed by atoms with Gasteiger partial charge in [0.05, 0.1) is 12.2 Å². The van der Waals surface area contributed by atoms with Crippen molar-refractivity contribution < 1.29 is 23.6 Å². The van der Waals surface area contributed by atoms with Gasteiger partial charge in [0.15, 0.2) is 0 Å². The maximum atomic E-state index is 12.0. The van der Waals surface area contributed by atoms with Crippen LogP contribution >= 0.6 is 18.0 Å². The number of rotatable bonds is 7. The average molecular weight is 343 g/mol. The quantitative estimate of drug-likeness (QED) is 0.559. The third kappa shape index (κ3) is 6.78. The minimum atomic E-state index is -3.88. The monoisotopic (exact) mass is 342 g/mol. The zero-order valence-electron chi connectivity index (χ0n) is 13.2. The molecule has 0 saturated heterocycles. The molecular weight excluding hydrogens is 319 g/mol. The van der Waals surface area contributed by atoms with Gasteiger partial charge in [0.2, 0.25) is 0 Å². The van der Waals surface area contributed by atoms with Crippen molar-refractivity contribution in [3.8, 4) is 0 Å². The Balaban J connectivity index is 5.26. The predicted molar refractivity (Wildman–Crippen MR) is 80.9 cm³/mol. The Morgan fingerprint density at radius 2 is 1.24 bits per heavy atom. The van der Waals surface area contributed by atoms with E-state index < -0.39 is 30.8 Å². The normalized spacial score (nSPS) is 17.5. The maximum Gasteiger partial charge on any atom is 0.323 e. The van der Waals surface area contributed by atoms with Crippen molar-refractivity contribution in [1.82, 2.24) is 4.67 Å². The second-order valence-electron chi connectivity index (χ2n) is 5.25. The second-order valence-corrected chi connectivity index (χ2v) is 8.25. The van der Waals surface area contributed by atoms with E-state index in [-0.39, 0.29) is 12.2 Å². The molecule has 2 unspecified atom stereocenters. The van der Waals surface area contributed by atoms with Gasteiger partial charge in [-0.05, 0) is 52.8 Å². The Morgan fingerprint density at radius 1 is 0.952 bits per heavy atom. The van der Waals surface area contributed by atoms with E-state index in [9.17, 15) is 14.2 Å². The van der Waals surface area contributed by atoms with Gasteiger partial charge in [-0.1, -0.05) is 0 Å². The highest BCUT2D eigenvalue weighted by molar-refractivity contribution is 7.85. The number of ether oxygens (including phenoxy) is 2. The summed E-state index contributed by atoms with van der Waals surface area (Å²) >= 11 is 5.69. The van der Waals surface area contributed by atoms with Gasteiger partial charge >= 0.3 is 18.7 Å². The lowest BCUT2D eigenvalue weighted by Crippen LogP contribution is -2.48. The third-order valence-corrected chi connectivity index (χ3v) is 4.34. The number of nitrogens with zero attached hydrogens (tertiary/aromatic N) is 1. The van der Waals surface area contributed by atoms with Crippen LogP contribution in [0.4, 0.5) is 0 Å². The molecule has 7 nitrogen and oxygen atoms in total. The van der Waals surface area contributed by atoms with Gasteiger partial charge in [-0.25, -0.2) is 4.67 Å². The first kappa shape index (κ1) is 20.4. The van der Waals surface area contributed by atoms with Crippen LogP contribution in [0.15, 0.2) is 0 Å². The zero-order valence-corrected chi connectivity index (χ0v) is 14.9. The molecule has 0 aliphatic carbocycles. The van der Waals surface area contributed by atoms with Gasteiger partial charge in [-0.15, -0.1) is 0 Å². The van der Waals surface area contributed by atoms with Crippen molar-refractivity contribution in [1.29, 1.82) is 0 Å². The molecule has 0 bridgehead atoms. The fraction of sp³-hybridized carbons (Fsp3) is 0.833. The topological polar surface area (TPSA) is 98.9 Å². The fourth-order valence-electron chi connectivity index (χ4n) is 1.69. The van der Waals surface area contributed by atoms with Gasteiger partial charge < -0.3 is 9.47 Å². The highest BCUT2D eigenvalue weighted by atomic mass is 35.7. The van der Waals surface area contributed by atoms with Crippen LogP contribution in [-0.2, 0) is 23.6 Å². The summed E-state index contributed by atoms with van der Waals surface area (Å²) < 4.78 is 23.0. The number of nitrogens with two attached hydrogens (primary N) is 1. The summed E-state index contributed by atoms with van der Waals surface area (Å²) in [5.74, 6) is -1.33. The third-order valence-electron chi connectivity index (χ3n) is 2.49. The van der Waals surface area contributed by atoms with E-state index in [0.717, 1.165) is 4.67 Å². The largest absolute Gasteiger partial charge is 0.462 e. The number of halogens is 1. The van der Waals surface area contributed by atoms with Crippen molar-refractivity contribution in [2.75, 3.05) is 0 Å². The number of esters is 2. The van der Waals surface area contributed by atoms with Crippen molar-refractivity contribution in [2.24, 2.45) is 5.50 Å². The van der Waals surface area contributed by atoms with Crippen LogP contribution in [0.2, 0.25) is 0 Å². The van der Waals surface area contributed by atoms with Crippen LogP contribution in [0.5, 0.6) is 0 Å². The molecular formula is C12H24ClN2O5P. The molecule has 3 atom stereocenters. The Morgan fingerprint density at radius 3 is 1.43 bits per heavy atom. The fourth-order valence-corrected chi connectivity index (χ4v) is 3.60. The molecule has 124 valence electrons. The highest BCUT2D eigenvalue weighted by Gasteiger charge is 2.41. The summed E-state index contributed by atoms with van der Waals surface area (Å²) in [6.45, 7) is 5.66. The molecule has 0 spiro atoms.